The van der Waals surface area contributed by atoms with Crippen LogP contribution < -0.4 is 5.73 Å². The fourth-order valence-electron chi connectivity index (χ4n) is 2.32. The number of hydrogen-bond acceptors (Lipinski definition) is 3. The molecule has 1 rings (SSSR count). The topological polar surface area (TPSA) is 63.4 Å². The minimum atomic E-state index is -3.65. The van der Waals surface area contributed by atoms with Gasteiger partial charge in [-0.25, -0.2) is 12.8 Å². The maximum absolute atomic E-state index is 13.4. The number of sulfonamides is 1. The third kappa shape index (κ3) is 3.95. The van der Waals surface area contributed by atoms with Crippen LogP contribution in [0.3, 0.4) is 0 Å². The maximum Gasteiger partial charge on any atom is 0.243 e. The van der Waals surface area contributed by atoms with Crippen LogP contribution in [0.25, 0.3) is 0 Å². The third-order valence-corrected chi connectivity index (χ3v) is 5.96. The standard InChI is InChI=1S/C15H25FN2O2S/c1-5-12(6-2)10-18(7-3)21(19,20)15-9-14(17)13(16)8-11(15)4/h8-9,12H,5-7,10,17H2,1-4H3. The van der Waals surface area contributed by atoms with Gasteiger partial charge in [-0.15, -0.1) is 0 Å². The van der Waals surface area contributed by atoms with Gasteiger partial charge in [0.2, 0.25) is 10.0 Å². The highest BCUT2D eigenvalue weighted by atomic mass is 32.2. The van der Waals surface area contributed by atoms with Crippen LogP contribution in [0.5, 0.6) is 0 Å². The van der Waals surface area contributed by atoms with E-state index >= 15 is 0 Å². The first-order valence-corrected chi connectivity index (χ1v) is 8.77. The van der Waals surface area contributed by atoms with Crippen molar-refractivity contribution in [3.8, 4) is 0 Å². The van der Waals surface area contributed by atoms with E-state index in [4.69, 9.17) is 5.73 Å². The van der Waals surface area contributed by atoms with Gasteiger partial charge in [0, 0.05) is 13.1 Å². The van der Waals surface area contributed by atoms with Crippen LogP contribution in [0.15, 0.2) is 17.0 Å². The lowest BCUT2D eigenvalue weighted by molar-refractivity contribution is 0.339. The highest BCUT2D eigenvalue weighted by Crippen LogP contribution is 2.25. The van der Waals surface area contributed by atoms with E-state index in [9.17, 15) is 12.8 Å². The van der Waals surface area contributed by atoms with Crippen LogP contribution in [0, 0.1) is 18.7 Å². The number of aryl methyl sites for hydroxylation is 1. The molecular weight excluding hydrogens is 291 g/mol. The number of benzene rings is 1. The summed E-state index contributed by atoms with van der Waals surface area (Å²) >= 11 is 0. The number of nitrogens with zero attached hydrogens (tertiary/aromatic N) is 1. The van der Waals surface area contributed by atoms with Crippen molar-refractivity contribution in [3.63, 3.8) is 0 Å². The van der Waals surface area contributed by atoms with E-state index in [1.54, 1.807) is 6.92 Å². The van der Waals surface area contributed by atoms with E-state index < -0.39 is 15.8 Å². The molecule has 0 aliphatic carbocycles. The number of nitrogen functional groups attached to an aromatic ring is 1. The number of halogens is 1. The van der Waals surface area contributed by atoms with Crippen LogP contribution in [0.4, 0.5) is 10.1 Å². The van der Waals surface area contributed by atoms with Crippen molar-refractivity contribution in [2.75, 3.05) is 18.8 Å². The fourth-order valence-corrected chi connectivity index (χ4v) is 4.08. The first-order valence-electron chi connectivity index (χ1n) is 7.33. The second kappa shape index (κ2) is 7.22. The Balaban J connectivity index is 3.22. The summed E-state index contributed by atoms with van der Waals surface area (Å²) in [6.45, 7) is 8.35. The molecule has 0 saturated carbocycles. The second-order valence-corrected chi connectivity index (χ2v) is 7.18. The predicted molar refractivity (Wildman–Crippen MR) is 84.1 cm³/mol. The maximum atomic E-state index is 13.4. The second-order valence-electron chi connectivity index (χ2n) is 5.28. The summed E-state index contributed by atoms with van der Waals surface area (Å²) in [5.74, 6) is -0.271. The minimum absolute atomic E-state index is 0.0919. The fraction of sp³-hybridized carbons (Fsp3) is 0.600. The molecule has 0 radical (unpaired) electrons. The molecule has 0 amide bonds. The summed E-state index contributed by atoms with van der Waals surface area (Å²) in [6, 6.07) is 2.39. The van der Waals surface area contributed by atoms with Gasteiger partial charge in [-0.1, -0.05) is 33.6 Å². The molecule has 0 heterocycles. The average molecular weight is 316 g/mol. The lowest BCUT2D eigenvalue weighted by Gasteiger charge is -2.25. The van der Waals surface area contributed by atoms with Gasteiger partial charge in [0.1, 0.15) is 5.82 Å². The lowest BCUT2D eigenvalue weighted by atomic mass is 10.0. The smallest absolute Gasteiger partial charge is 0.243 e. The van der Waals surface area contributed by atoms with Crippen molar-refractivity contribution in [2.45, 2.75) is 45.4 Å². The zero-order chi connectivity index (χ0) is 16.2. The first-order chi connectivity index (χ1) is 9.77. The van der Waals surface area contributed by atoms with Crippen molar-refractivity contribution >= 4 is 15.7 Å². The SMILES string of the molecule is CCC(CC)CN(CC)S(=O)(=O)c1cc(N)c(F)cc1C. The van der Waals surface area contributed by atoms with Gasteiger partial charge in [-0.3, -0.25) is 0 Å². The van der Waals surface area contributed by atoms with Gasteiger partial charge in [-0.2, -0.15) is 4.31 Å². The average Bonchev–Trinajstić information content (AvgIpc) is 2.43. The van der Waals surface area contributed by atoms with E-state index in [1.807, 2.05) is 6.92 Å². The molecule has 0 spiro atoms. The molecule has 0 aliphatic heterocycles. The molecule has 0 aliphatic rings. The van der Waals surface area contributed by atoms with Crippen molar-refractivity contribution in [2.24, 2.45) is 5.92 Å². The van der Waals surface area contributed by atoms with Gasteiger partial charge in [0.05, 0.1) is 10.6 Å². The van der Waals surface area contributed by atoms with E-state index in [1.165, 1.54) is 16.4 Å². The molecule has 0 atom stereocenters. The van der Waals surface area contributed by atoms with Crippen LogP contribution in [-0.2, 0) is 10.0 Å². The first kappa shape index (κ1) is 17.9. The molecule has 0 bridgehead atoms. The molecule has 120 valence electrons. The Hall–Kier alpha value is -1.14. The number of hydrogen-bond donors (Lipinski definition) is 1. The van der Waals surface area contributed by atoms with E-state index in [0.29, 0.717) is 24.6 Å². The van der Waals surface area contributed by atoms with Crippen LogP contribution in [0.2, 0.25) is 0 Å². The highest BCUT2D eigenvalue weighted by molar-refractivity contribution is 7.89. The molecule has 1 aromatic rings. The Morgan fingerprint density at radius 2 is 1.81 bits per heavy atom. The summed E-state index contributed by atoms with van der Waals surface area (Å²) in [6.07, 6.45) is 1.85. The summed E-state index contributed by atoms with van der Waals surface area (Å²) in [7, 11) is -3.65. The largest absolute Gasteiger partial charge is 0.396 e. The zero-order valence-electron chi connectivity index (χ0n) is 13.2. The molecule has 2 N–H and O–H groups in total. The van der Waals surface area contributed by atoms with Crippen LogP contribution >= 0.6 is 0 Å². The normalized spacial score (nSPS) is 12.3. The zero-order valence-corrected chi connectivity index (χ0v) is 14.0. The van der Waals surface area contributed by atoms with E-state index in [0.717, 1.165) is 12.8 Å². The lowest BCUT2D eigenvalue weighted by Crippen LogP contribution is -2.35. The van der Waals surface area contributed by atoms with E-state index in [2.05, 4.69) is 13.8 Å². The molecule has 0 aromatic heterocycles. The molecule has 21 heavy (non-hydrogen) atoms. The highest BCUT2D eigenvalue weighted by Gasteiger charge is 2.27. The van der Waals surface area contributed by atoms with Crippen molar-refractivity contribution < 1.29 is 12.8 Å². The van der Waals surface area contributed by atoms with Gasteiger partial charge < -0.3 is 5.73 Å². The van der Waals surface area contributed by atoms with E-state index in [-0.39, 0.29) is 10.6 Å². The molecule has 0 fully saturated rings. The summed E-state index contributed by atoms with van der Waals surface area (Å²) in [5.41, 5.74) is 5.76. The molecule has 1 aromatic carbocycles. The minimum Gasteiger partial charge on any atom is -0.396 e. The molecule has 0 unspecified atom stereocenters. The Morgan fingerprint density at radius 1 is 1.24 bits per heavy atom. The van der Waals surface area contributed by atoms with Crippen LogP contribution in [0.1, 0.15) is 39.2 Å². The molecule has 4 nitrogen and oxygen atoms in total. The Morgan fingerprint density at radius 3 is 2.29 bits per heavy atom. The molecule has 0 saturated heterocycles. The Labute approximate surface area is 127 Å². The van der Waals surface area contributed by atoms with Crippen molar-refractivity contribution in [1.82, 2.24) is 4.31 Å². The van der Waals surface area contributed by atoms with Gasteiger partial charge in [-0.05, 0) is 30.5 Å². The number of nitrogens with two attached hydrogens (primary N) is 1. The third-order valence-electron chi connectivity index (χ3n) is 3.88. The van der Waals surface area contributed by atoms with Gasteiger partial charge >= 0.3 is 0 Å². The Bertz CT molecular complexity index is 584. The monoisotopic (exact) mass is 316 g/mol. The molecular formula is C15H25FN2O2S. The summed E-state index contributed by atoms with van der Waals surface area (Å²) in [4.78, 5) is 0.0919. The predicted octanol–water partition coefficient (Wildman–Crippen LogP) is 3.16. The van der Waals surface area contributed by atoms with Gasteiger partial charge in [0.25, 0.3) is 0 Å². The van der Waals surface area contributed by atoms with Crippen molar-refractivity contribution in [3.05, 3.63) is 23.5 Å². The number of rotatable bonds is 7. The quantitative estimate of drug-likeness (QED) is 0.786. The van der Waals surface area contributed by atoms with Crippen molar-refractivity contribution in [1.29, 1.82) is 0 Å². The molecule has 6 heteroatoms. The Kier molecular flexibility index (Phi) is 6.16. The number of anilines is 1. The van der Waals surface area contributed by atoms with Gasteiger partial charge in [0.15, 0.2) is 0 Å². The summed E-state index contributed by atoms with van der Waals surface area (Å²) < 4.78 is 40.4. The summed E-state index contributed by atoms with van der Waals surface area (Å²) in [5, 5.41) is 0. The van der Waals surface area contributed by atoms with Crippen LogP contribution in [-0.4, -0.2) is 25.8 Å².